The van der Waals surface area contributed by atoms with E-state index in [0.717, 1.165) is 30.2 Å². The molecule has 3 heteroatoms. The fourth-order valence-corrected chi connectivity index (χ4v) is 3.35. The van der Waals surface area contributed by atoms with Gasteiger partial charge in [0.15, 0.2) is 0 Å². The van der Waals surface area contributed by atoms with Gasteiger partial charge in [-0.1, -0.05) is 18.2 Å². The van der Waals surface area contributed by atoms with Gasteiger partial charge in [-0.3, -0.25) is 4.79 Å². The summed E-state index contributed by atoms with van der Waals surface area (Å²) in [7, 11) is 2.05. The van der Waals surface area contributed by atoms with Crippen molar-refractivity contribution in [3.63, 3.8) is 0 Å². The number of aromatic nitrogens is 1. The minimum absolute atomic E-state index is 0.334. The van der Waals surface area contributed by atoms with Gasteiger partial charge in [-0.25, -0.2) is 0 Å². The molecule has 1 unspecified atom stereocenters. The molecule has 3 nitrogen and oxygen atoms in total. The third-order valence-electron chi connectivity index (χ3n) is 4.13. The summed E-state index contributed by atoms with van der Waals surface area (Å²) in [4.78, 5) is 11.4. The highest BCUT2D eigenvalue weighted by molar-refractivity contribution is 5.93. The number of carboxylic acid groups (broad SMARTS) is 1. The molecule has 1 aliphatic carbocycles. The molecule has 0 saturated heterocycles. The molecule has 0 bridgehead atoms. The summed E-state index contributed by atoms with van der Waals surface area (Å²) in [6, 6.07) is 6.16. The lowest BCUT2D eigenvalue weighted by Crippen LogP contribution is -2.18. The third-order valence-corrected chi connectivity index (χ3v) is 4.13. The maximum Gasteiger partial charge on any atom is 0.311 e. The van der Waals surface area contributed by atoms with E-state index in [9.17, 15) is 9.90 Å². The molecular weight excluding hydrogens is 226 g/mol. The predicted molar refractivity (Wildman–Crippen MR) is 71.0 cm³/mol. The van der Waals surface area contributed by atoms with Crippen LogP contribution >= 0.6 is 0 Å². The standard InChI is InChI=1S/C15H17NO2/c1-9-5-3-6-10-13-11(15(17)18)7-4-8-12(13)16(2)14(9)10/h3,5-6,11H,4,7-8H2,1-2H3,(H,17,18). The molecule has 1 N–H and O–H groups in total. The summed E-state index contributed by atoms with van der Waals surface area (Å²) in [5, 5.41) is 10.5. The first kappa shape index (κ1) is 11.3. The third kappa shape index (κ3) is 1.40. The van der Waals surface area contributed by atoms with Gasteiger partial charge in [-0.15, -0.1) is 0 Å². The van der Waals surface area contributed by atoms with Crippen molar-refractivity contribution in [2.45, 2.75) is 32.1 Å². The molecular formula is C15H17NO2. The zero-order valence-electron chi connectivity index (χ0n) is 10.7. The van der Waals surface area contributed by atoms with E-state index in [-0.39, 0.29) is 5.92 Å². The maximum atomic E-state index is 11.4. The number of hydrogen-bond donors (Lipinski definition) is 1. The largest absolute Gasteiger partial charge is 0.481 e. The number of nitrogens with zero attached hydrogens (tertiary/aromatic N) is 1. The Balaban J connectivity index is 2.39. The van der Waals surface area contributed by atoms with Crippen molar-refractivity contribution in [2.75, 3.05) is 0 Å². The van der Waals surface area contributed by atoms with Crippen molar-refractivity contribution in [3.8, 4) is 0 Å². The molecule has 18 heavy (non-hydrogen) atoms. The molecule has 0 spiro atoms. The minimum atomic E-state index is -0.690. The van der Waals surface area contributed by atoms with Crippen LogP contribution in [0.4, 0.5) is 0 Å². The number of para-hydroxylation sites is 1. The fraction of sp³-hybridized carbons (Fsp3) is 0.400. The van der Waals surface area contributed by atoms with Gasteiger partial charge in [0.05, 0.1) is 11.4 Å². The molecule has 0 fully saturated rings. The van der Waals surface area contributed by atoms with Crippen LogP contribution in [0.1, 0.15) is 35.6 Å². The second-order valence-electron chi connectivity index (χ2n) is 5.17. The van der Waals surface area contributed by atoms with E-state index in [0.29, 0.717) is 0 Å². The highest BCUT2D eigenvalue weighted by Crippen LogP contribution is 2.39. The number of fused-ring (bicyclic) bond motifs is 3. The molecule has 1 heterocycles. The zero-order valence-corrected chi connectivity index (χ0v) is 10.7. The smallest absolute Gasteiger partial charge is 0.311 e. The Morgan fingerprint density at radius 3 is 2.94 bits per heavy atom. The van der Waals surface area contributed by atoms with Gasteiger partial charge in [-0.2, -0.15) is 0 Å². The number of hydrogen-bond acceptors (Lipinski definition) is 1. The van der Waals surface area contributed by atoms with Crippen LogP contribution < -0.4 is 0 Å². The van der Waals surface area contributed by atoms with Gasteiger partial charge >= 0.3 is 5.97 Å². The van der Waals surface area contributed by atoms with Gasteiger partial charge in [0.2, 0.25) is 0 Å². The maximum absolute atomic E-state index is 11.4. The molecule has 0 aliphatic heterocycles. The van der Waals surface area contributed by atoms with Crippen LogP contribution in [0.15, 0.2) is 18.2 Å². The van der Waals surface area contributed by atoms with Gasteiger partial charge in [0, 0.05) is 18.1 Å². The van der Waals surface area contributed by atoms with Crippen LogP contribution in [-0.4, -0.2) is 15.6 Å². The highest BCUT2D eigenvalue weighted by Gasteiger charge is 2.31. The Morgan fingerprint density at radius 1 is 1.44 bits per heavy atom. The number of aliphatic carboxylic acids is 1. The quantitative estimate of drug-likeness (QED) is 0.836. The Bertz CT molecular complexity index is 639. The second kappa shape index (κ2) is 3.87. The van der Waals surface area contributed by atoms with E-state index in [1.165, 1.54) is 16.8 Å². The lowest BCUT2D eigenvalue weighted by Gasteiger charge is -2.20. The van der Waals surface area contributed by atoms with Gasteiger partial charge in [0.1, 0.15) is 0 Å². The second-order valence-corrected chi connectivity index (χ2v) is 5.17. The van der Waals surface area contributed by atoms with Crippen LogP contribution in [-0.2, 0) is 18.3 Å². The van der Waals surface area contributed by atoms with Crippen LogP contribution in [0.25, 0.3) is 10.9 Å². The molecule has 1 aliphatic rings. The molecule has 1 aromatic heterocycles. The molecule has 94 valence electrons. The van der Waals surface area contributed by atoms with Crippen molar-refractivity contribution in [1.29, 1.82) is 0 Å². The molecule has 3 rings (SSSR count). The number of benzene rings is 1. The molecule has 1 atom stereocenters. The number of carbonyl (C=O) groups is 1. The Kier molecular flexibility index (Phi) is 2.44. The summed E-state index contributed by atoms with van der Waals surface area (Å²) < 4.78 is 2.19. The van der Waals surface area contributed by atoms with Gasteiger partial charge in [0.25, 0.3) is 0 Å². The highest BCUT2D eigenvalue weighted by atomic mass is 16.4. The van der Waals surface area contributed by atoms with Crippen molar-refractivity contribution in [3.05, 3.63) is 35.0 Å². The van der Waals surface area contributed by atoms with E-state index >= 15 is 0 Å². The van der Waals surface area contributed by atoms with Crippen LogP contribution in [0.3, 0.4) is 0 Å². The summed E-state index contributed by atoms with van der Waals surface area (Å²) in [5.74, 6) is -1.02. The van der Waals surface area contributed by atoms with Crippen LogP contribution in [0.2, 0.25) is 0 Å². The van der Waals surface area contributed by atoms with Crippen LogP contribution in [0, 0.1) is 6.92 Å². The first-order valence-corrected chi connectivity index (χ1v) is 6.41. The fourth-order valence-electron chi connectivity index (χ4n) is 3.35. The normalized spacial score (nSPS) is 18.9. The lowest BCUT2D eigenvalue weighted by atomic mass is 9.85. The first-order chi connectivity index (χ1) is 8.61. The molecule has 0 radical (unpaired) electrons. The first-order valence-electron chi connectivity index (χ1n) is 6.41. The number of aryl methyl sites for hydroxylation is 2. The molecule has 0 saturated carbocycles. The lowest BCUT2D eigenvalue weighted by molar-refractivity contribution is -0.139. The van der Waals surface area contributed by atoms with E-state index in [4.69, 9.17) is 0 Å². The van der Waals surface area contributed by atoms with Crippen molar-refractivity contribution < 1.29 is 9.90 Å². The van der Waals surface area contributed by atoms with Crippen molar-refractivity contribution >= 4 is 16.9 Å². The molecule has 1 aromatic carbocycles. The van der Waals surface area contributed by atoms with Crippen molar-refractivity contribution in [1.82, 2.24) is 4.57 Å². The van der Waals surface area contributed by atoms with Crippen molar-refractivity contribution in [2.24, 2.45) is 7.05 Å². The predicted octanol–water partition coefficient (Wildman–Crippen LogP) is 2.99. The Labute approximate surface area is 106 Å². The molecule has 0 amide bonds. The van der Waals surface area contributed by atoms with E-state index < -0.39 is 5.97 Å². The monoisotopic (exact) mass is 243 g/mol. The average Bonchev–Trinajstić information content (AvgIpc) is 2.65. The SMILES string of the molecule is Cc1cccc2c3c(n(C)c12)CCCC3C(=O)O. The number of carboxylic acids is 1. The Morgan fingerprint density at radius 2 is 2.22 bits per heavy atom. The molecule has 2 aromatic rings. The summed E-state index contributed by atoms with van der Waals surface area (Å²) in [6.07, 6.45) is 2.71. The van der Waals surface area contributed by atoms with E-state index in [1.807, 2.05) is 6.07 Å². The summed E-state index contributed by atoms with van der Waals surface area (Å²) in [5.41, 5.74) is 4.66. The van der Waals surface area contributed by atoms with Gasteiger partial charge < -0.3 is 9.67 Å². The van der Waals surface area contributed by atoms with E-state index in [1.54, 1.807) is 0 Å². The summed E-state index contributed by atoms with van der Waals surface area (Å²) >= 11 is 0. The Hall–Kier alpha value is -1.77. The number of rotatable bonds is 1. The topological polar surface area (TPSA) is 42.2 Å². The summed E-state index contributed by atoms with van der Waals surface area (Å²) in [6.45, 7) is 2.09. The average molecular weight is 243 g/mol. The van der Waals surface area contributed by atoms with Crippen LogP contribution in [0.5, 0.6) is 0 Å². The zero-order chi connectivity index (χ0) is 12.9. The van der Waals surface area contributed by atoms with E-state index in [2.05, 4.69) is 30.7 Å². The minimum Gasteiger partial charge on any atom is -0.481 e. The van der Waals surface area contributed by atoms with Gasteiger partial charge in [-0.05, 0) is 37.3 Å².